The molecule has 2 aromatic rings. The SMILES string of the molecule is CO[C@H]1[C@H](O)[C@@H](NS(=O)(=O)[O-])C(OC2[C@H](C(=O)[O-])O[C@H](OCC(O)[C@@H](O)[C@H](O)[C@@H](O)CNc3ccc(C(=O)NCCN(CCNC(=O)c4ccc(NC[C@H](O)[C@@H](O)[C@H](O)C(O)CO[C@H]5O[C@@H](C(=O)[O-])C(OC6O[C@H](COS(=O)(=O)[O-])[C@@H](OC)[C@H](O)[C@H]6NS(=O)(=O)[O-])[C@H](O)[C@H]5OS(=O)(=O)[O-])cc4)C(=O)CCCC[C@@H]4SCC5NC(=O)NC54)cc3)[C@H](OS(=O)(=O)[O-])[C@H]2O)O[C@@H]1COS(=O)(=O)[O-].[Na+].[Na+].[Na+].[Na+].[Na+].[Na+].[Na+].[Na+]. The molecule has 6 fully saturated rings. The van der Waals surface area contributed by atoms with Crippen molar-refractivity contribution in [2.45, 2.75) is 215 Å². The summed E-state index contributed by atoms with van der Waals surface area (Å²) in [5, 5.41) is 173. The third-order valence-electron chi connectivity index (χ3n) is 21.0. The zero-order valence-electron chi connectivity index (χ0n) is 77.1. The number of anilines is 2. The molecule has 61 nitrogen and oxygen atoms in total. The van der Waals surface area contributed by atoms with Gasteiger partial charge in [-0.05, 0) is 61.4 Å². The van der Waals surface area contributed by atoms with Gasteiger partial charge in [-0.1, -0.05) is 6.42 Å². The molecule has 5 amide bonds. The van der Waals surface area contributed by atoms with Gasteiger partial charge in [-0.15, -0.1) is 0 Å². The average molecular weight is 2250 g/mol. The number of nitrogens with zero attached hydrogens (tertiary/aromatic N) is 1. The van der Waals surface area contributed by atoms with Gasteiger partial charge >= 0.3 is 242 Å². The van der Waals surface area contributed by atoms with Gasteiger partial charge < -0.3 is 193 Å². The second kappa shape index (κ2) is 64.9. The van der Waals surface area contributed by atoms with E-state index in [0.29, 0.717) is 25.0 Å². The minimum Gasteiger partial charge on any atom is -0.735 e. The summed E-state index contributed by atoms with van der Waals surface area (Å²) in [6.07, 6.45) is -62.1. The van der Waals surface area contributed by atoms with Crippen molar-refractivity contribution in [3.05, 3.63) is 59.7 Å². The first-order valence-electron chi connectivity index (χ1n) is 39.3. The van der Waals surface area contributed by atoms with Gasteiger partial charge in [0.05, 0.1) is 62.7 Å². The molecule has 20 N–H and O–H groups in total. The van der Waals surface area contributed by atoms with E-state index in [1.165, 1.54) is 62.9 Å². The molecule has 0 aromatic heterocycles. The summed E-state index contributed by atoms with van der Waals surface area (Å²) < 4.78 is 281. The zero-order valence-corrected chi connectivity index (χ0v) is 98.8. The maximum atomic E-state index is 13.9. The number of amides is 5. The molecule has 0 saturated carbocycles. The molecule has 0 bridgehead atoms. The summed E-state index contributed by atoms with van der Waals surface area (Å²) in [5.74, 6) is -5.85. The number of carbonyl (C=O) groups excluding carboxylic acids is 6. The molecule has 0 aliphatic carbocycles. The summed E-state index contributed by atoms with van der Waals surface area (Å²) in [5.41, 5.74) is 0.402. The van der Waals surface area contributed by atoms with Crippen molar-refractivity contribution in [3.63, 3.8) is 0 Å². The van der Waals surface area contributed by atoms with E-state index in [-0.39, 0.29) is 321 Å². The zero-order chi connectivity index (χ0) is 99.8. The Labute approximate surface area is 992 Å². The van der Waals surface area contributed by atoms with Gasteiger partial charge in [-0.2, -0.15) is 11.8 Å². The minimum atomic E-state index is -6.04. The number of aliphatic carboxylic acids is 2. The van der Waals surface area contributed by atoms with Crippen molar-refractivity contribution in [1.29, 1.82) is 0 Å². The first-order valence-corrected chi connectivity index (χ1v) is 48.5. The van der Waals surface area contributed by atoms with Gasteiger partial charge in [-0.3, -0.25) is 31.1 Å². The van der Waals surface area contributed by atoms with Crippen molar-refractivity contribution in [2.24, 2.45) is 0 Å². The molecule has 6 saturated heterocycles. The van der Waals surface area contributed by atoms with E-state index in [2.05, 4.69) is 48.6 Å². The number of rotatable bonds is 53. The van der Waals surface area contributed by atoms with Crippen LogP contribution in [0.1, 0.15) is 46.4 Å². The number of carboxylic acids is 2. The van der Waals surface area contributed by atoms with Crippen LogP contribution in [0.15, 0.2) is 48.5 Å². The number of urea groups is 1. The number of nitrogens with one attached hydrogen (secondary N) is 8. The van der Waals surface area contributed by atoms with E-state index in [9.17, 15) is 178 Å². The van der Waals surface area contributed by atoms with Gasteiger partial charge in [0.25, 0.3) is 11.8 Å². The third kappa shape index (κ3) is 44.8. The Morgan fingerprint density at radius 3 is 1.17 bits per heavy atom. The van der Waals surface area contributed by atoms with Crippen LogP contribution in [0.3, 0.4) is 0 Å². The van der Waals surface area contributed by atoms with Crippen molar-refractivity contribution in [2.75, 3.05) is 96.3 Å². The molecule has 0 spiro atoms. The Morgan fingerprint density at radius 1 is 0.479 bits per heavy atom. The van der Waals surface area contributed by atoms with Gasteiger partial charge in [0.15, 0.2) is 58.0 Å². The molecular weight excluding hydrogens is 2160 g/mol. The van der Waals surface area contributed by atoms with Crippen molar-refractivity contribution in [3.8, 4) is 0 Å². The van der Waals surface area contributed by atoms with Gasteiger partial charge in [0.2, 0.25) is 47.5 Å². The fourth-order valence-electron chi connectivity index (χ4n) is 14.5. The fraction of sp³-hybridized carbons (Fsp3) is 0.727. The summed E-state index contributed by atoms with van der Waals surface area (Å²) >= 11 is 1.67. The average Bonchev–Trinajstić information content (AvgIpc) is 1.08. The first kappa shape index (κ1) is 143. The number of ether oxygens (including phenoxy) is 10. The van der Waals surface area contributed by atoms with E-state index in [0.717, 1.165) is 14.2 Å². The quantitative estimate of drug-likeness (QED) is 0.00961. The number of thioether (sulfide) groups is 1. The van der Waals surface area contributed by atoms with Crippen molar-refractivity contribution < 1.29 is 479 Å². The van der Waals surface area contributed by atoms with Gasteiger partial charge in [-0.25, -0.2) is 64.7 Å². The standard InChI is InChI=1S/C66H103N9O52S7.8Na/c1-114-50-35(23-118-131(102,103)104)120-62(40(46(50)85)73-129(96,97)98)122-52-48(87)54(126-133(108,109)110)64(124-56(52)60(91)92)116-21-33(78)44(83)42(81)31(76)19-69-28-11-7-26(8-12-28)58(89)67-15-17-75(38(80)6-4-3-5-37-39-30(25-128-37)71-66(95)72-39)18-16-68-59(90)27-9-13-29(14-10-27)70-20-32(77)43(82)45(84)34(79)22-117-65-55(127-134(111,112)113)49(88)53(57(125-65)61(93)94)123-63-41(74-130(99,100)101)47(86)51(115-2)36(121-63)24-119-132(105,106)107;;;;;;;;/h7-14,30-37,39-57,62-65,69-70,73-74,76-79,81-88H,3-6,15-25H2,1-2H3,(H,67,89)(H,68,90)(H,91,92)(H,93,94)(H2,71,72,95)(H,96,97,98)(H,99,100,101)(H,102,103,104)(H,105,106,107)(H,108,109,110)(H,111,112,113);;;;;;;;/q;8*+1/p-8/t30?,31-,32-,33?,34?,35+,36+,37-,39?,40+,41+,42+,43+,44+,45+,46+,47+,48-,49-,50+,51+,52?,53?,54+,55+,56+,57+,62?,63?,64-,65-;;;;;;;;/m0......../s1. The van der Waals surface area contributed by atoms with E-state index in [1.807, 2.05) is 0 Å². The molecule has 142 heavy (non-hydrogen) atoms. The molecule has 8 rings (SSSR count). The van der Waals surface area contributed by atoms with Crippen LogP contribution in [0, 0.1) is 0 Å². The summed E-state index contributed by atoms with van der Waals surface area (Å²) in [4.78, 5) is 79.2. The molecule has 6 heterocycles. The Kier molecular flexibility index (Phi) is 65.5. The molecule has 31 atom stereocenters. The molecule has 766 valence electrons. The number of hydrogen-bond donors (Lipinski definition) is 20. The fourth-order valence-corrected chi connectivity index (χ4v) is 18.7. The predicted octanol–water partition coefficient (Wildman–Crippen LogP) is -41.7. The Morgan fingerprint density at radius 2 is 0.838 bits per heavy atom. The number of fused-ring (bicyclic) bond motifs is 1. The molecule has 6 aliphatic rings. The van der Waals surface area contributed by atoms with Crippen LogP contribution in [-0.4, -0.2) is 454 Å². The van der Waals surface area contributed by atoms with Crippen LogP contribution < -0.4 is 288 Å². The van der Waals surface area contributed by atoms with Crippen LogP contribution in [0.25, 0.3) is 0 Å². The maximum absolute atomic E-state index is 13.9. The minimum absolute atomic E-state index is 0. The van der Waals surface area contributed by atoms with Crippen molar-refractivity contribution >= 4 is 121 Å². The summed E-state index contributed by atoms with van der Waals surface area (Å²) in [6, 6.07) is 5.24. The second-order valence-electron chi connectivity index (χ2n) is 30.2. The smallest absolute Gasteiger partial charge is 0.735 e. The number of carbonyl (C=O) groups is 6. The predicted molar refractivity (Wildman–Crippen MR) is 419 cm³/mol. The van der Waals surface area contributed by atoms with Crippen LogP contribution in [0.4, 0.5) is 16.2 Å². The number of unbranched alkanes of at least 4 members (excludes halogenated alkanes) is 1. The van der Waals surface area contributed by atoms with Gasteiger partial charge in [0, 0.05) is 93.4 Å². The summed E-state index contributed by atoms with van der Waals surface area (Å²) in [7, 11) is -32.9. The van der Waals surface area contributed by atoms with E-state index >= 15 is 0 Å². The van der Waals surface area contributed by atoms with Crippen LogP contribution in [0.2, 0.25) is 0 Å². The molecule has 76 heteroatoms. The number of methoxy groups -OCH3 is 2. The topological polar surface area (TPSA) is 963 Å². The number of hydrogen-bond acceptors (Lipinski definition) is 55. The molecule has 8 unspecified atom stereocenters. The number of benzene rings is 2. The van der Waals surface area contributed by atoms with E-state index < -0.39 is 297 Å². The molecule has 0 radical (unpaired) electrons. The number of carboxylic acid groups (broad SMARTS) is 2. The Balaban J connectivity index is 0.0000249. The Hall–Kier alpha value is 1.35. The van der Waals surface area contributed by atoms with E-state index in [4.69, 9.17) is 47.4 Å². The first-order chi connectivity index (χ1) is 62.3. The normalized spacial score (nSPS) is 28.9. The monoisotopic (exact) mass is 2250 g/mol. The van der Waals surface area contributed by atoms with E-state index in [1.54, 1.807) is 11.8 Å². The van der Waals surface area contributed by atoms with Gasteiger partial charge in [0.1, 0.15) is 122 Å². The second-order valence-corrected chi connectivity index (χ2v) is 37.9. The van der Waals surface area contributed by atoms with Crippen LogP contribution >= 0.6 is 11.8 Å². The van der Waals surface area contributed by atoms with Crippen molar-refractivity contribution in [1.82, 2.24) is 35.6 Å². The van der Waals surface area contributed by atoms with Crippen LogP contribution in [-0.2, 0) is 141 Å². The molecule has 2 aromatic carbocycles. The largest absolute Gasteiger partial charge is 1.00 e. The Bertz CT molecular complexity index is 4730. The molecular formula is C66H95N9Na8O52S7. The third-order valence-corrected chi connectivity index (χ3v) is 25.4. The molecule has 6 aliphatic heterocycles. The number of aliphatic hydroxyl groups is 12. The summed E-state index contributed by atoms with van der Waals surface area (Å²) in [6.45, 7) is -7.28. The van der Waals surface area contributed by atoms with Crippen LogP contribution in [0.5, 0.6) is 0 Å². The number of aliphatic hydroxyl groups excluding tert-OH is 12. The maximum Gasteiger partial charge on any atom is 1.00 e.